The summed E-state index contributed by atoms with van der Waals surface area (Å²) in [5, 5.41) is 1.94. The quantitative estimate of drug-likeness (QED) is 0.645. The zero-order valence-electron chi connectivity index (χ0n) is 8.40. The van der Waals surface area contributed by atoms with Crippen molar-refractivity contribution < 1.29 is 4.57 Å². The Hall–Kier alpha value is -0.930. The Kier molecular flexibility index (Phi) is 3.34. The highest BCUT2D eigenvalue weighted by Gasteiger charge is 2.06. The van der Waals surface area contributed by atoms with Crippen LogP contribution in [0.3, 0.4) is 0 Å². The number of hydrogen-bond acceptors (Lipinski definition) is 1. The molecule has 0 atom stereocenters. The van der Waals surface area contributed by atoms with E-state index in [9.17, 15) is 0 Å². The van der Waals surface area contributed by atoms with Crippen molar-refractivity contribution in [3.63, 3.8) is 0 Å². The summed E-state index contributed by atoms with van der Waals surface area (Å²) in [6.07, 6.45) is 3.94. The first-order valence-electron chi connectivity index (χ1n) is 4.66. The number of benzene rings is 1. The number of halogens is 1. The van der Waals surface area contributed by atoms with E-state index in [1.807, 2.05) is 31.6 Å². The van der Waals surface area contributed by atoms with Crippen LogP contribution in [0.5, 0.6) is 0 Å². The van der Waals surface area contributed by atoms with Crippen LogP contribution >= 0.6 is 23.4 Å². The van der Waals surface area contributed by atoms with Crippen molar-refractivity contribution in [1.29, 1.82) is 0 Å². The maximum atomic E-state index is 5.82. The van der Waals surface area contributed by atoms with Gasteiger partial charge in [-0.05, 0) is 29.5 Å². The second kappa shape index (κ2) is 4.73. The van der Waals surface area contributed by atoms with Gasteiger partial charge in [0.05, 0.1) is 7.05 Å². The van der Waals surface area contributed by atoms with Crippen molar-refractivity contribution >= 4 is 23.4 Å². The maximum Gasteiger partial charge on any atom is 0.315 e. The molecule has 0 unspecified atom stereocenters. The van der Waals surface area contributed by atoms with E-state index in [1.165, 1.54) is 5.56 Å². The van der Waals surface area contributed by atoms with Gasteiger partial charge in [-0.1, -0.05) is 23.7 Å². The first-order valence-corrected chi connectivity index (χ1v) is 6.02. The molecule has 0 saturated heterocycles. The second-order valence-electron chi connectivity index (χ2n) is 3.29. The number of aromatic nitrogens is 2. The van der Waals surface area contributed by atoms with Gasteiger partial charge in [0.1, 0.15) is 12.4 Å². The third-order valence-electron chi connectivity index (χ3n) is 2.11. The molecule has 0 radical (unpaired) electrons. The zero-order valence-corrected chi connectivity index (χ0v) is 9.98. The molecule has 2 nitrogen and oxygen atoms in total. The minimum atomic E-state index is 0.786. The number of hydrogen-bond donors (Lipinski definition) is 1. The number of imidazole rings is 1. The van der Waals surface area contributed by atoms with Gasteiger partial charge in [0.15, 0.2) is 0 Å². The van der Waals surface area contributed by atoms with Crippen LogP contribution in [0, 0.1) is 0 Å². The summed E-state index contributed by atoms with van der Waals surface area (Å²) in [6, 6.07) is 7.95. The topological polar surface area (TPSA) is 19.7 Å². The van der Waals surface area contributed by atoms with Crippen LogP contribution in [-0.2, 0) is 12.8 Å². The smallest absolute Gasteiger partial charge is 0.238 e. The number of aromatic amines is 1. The highest BCUT2D eigenvalue weighted by molar-refractivity contribution is 7.98. The van der Waals surface area contributed by atoms with Gasteiger partial charge >= 0.3 is 5.16 Å². The second-order valence-corrected chi connectivity index (χ2v) is 4.69. The van der Waals surface area contributed by atoms with E-state index < -0.39 is 0 Å². The van der Waals surface area contributed by atoms with Crippen molar-refractivity contribution in [2.75, 3.05) is 0 Å². The van der Waals surface area contributed by atoms with Crippen LogP contribution in [0.25, 0.3) is 0 Å². The molecule has 78 valence electrons. The van der Waals surface area contributed by atoms with Crippen LogP contribution in [0.2, 0.25) is 5.02 Å². The highest BCUT2D eigenvalue weighted by Crippen LogP contribution is 2.19. The summed E-state index contributed by atoms with van der Waals surface area (Å²) >= 11 is 7.60. The molecule has 1 heterocycles. The van der Waals surface area contributed by atoms with E-state index in [0.29, 0.717) is 0 Å². The number of aryl methyl sites for hydroxylation is 1. The molecule has 0 aliphatic carbocycles. The van der Waals surface area contributed by atoms with Crippen molar-refractivity contribution in [2.24, 2.45) is 7.05 Å². The lowest BCUT2D eigenvalue weighted by Gasteiger charge is -1.98. The van der Waals surface area contributed by atoms with Gasteiger partial charge in [-0.15, -0.1) is 0 Å². The lowest BCUT2D eigenvalue weighted by molar-refractivity contribution is -0.708. The molecule has 0 spiro atoms. The van der Waals surface area contributed by atoms with Gasteiger partial charge in [0.2, 0.25) is 0 Å². The molecule has 0 fully saturated rings. The van der Waals surface area contributed by atoms with Crippen LogP contribution < -0.4 is 4.57 Å². The molecule has 4 heteroatoms. The average molecular weight is 240 g/mol. The van der Waals surface area contributed by atoms with Gasteiger partial charge in [-0.2, -0.15) is 0 Å². The SMILES string of the molecule is C[n+]1cc[nH]c1SCc1ccc(Cl)cc1. The lowest BCUT2D eigenvalue weighted by atomic mass is 10.2. The van der Waals surface area contributed by atoms with Crippen LogP contribution in [0.15, 0.2) is 41.8 Å². The van der Waals surface area contributed by atoms with Gasteiger partial charge in [0, 0.05) is 10.8 Å². The maximum absolute atomic E-state index is 5.82. The van der Waals surface area contributed by atoms with E-state index in [2.05, 4.69) is 21.7 Å². The summed E-state index contributed by atoms with van der Waals surface area (Å²) in [6.45, 7) is 0. The minimum absolute atomic E-state index is 0.786. The number of rotatable bonds is 3. The van der Waals surface area contributed by atoms with Gasteiger partial charge in [-0.25, -0.2) is 9.55 Å². The van der Waals surface area contributed by atoms with Gasteiger partial charge in [-0.3, -0.25) is 0 Å². The molecule has 0 saturated carbocycles. The molecule has 0 aliphatic rings. The van der Waals surface area contributed by atoms with E-state index in [0.717, 1.165) is 15.9 Å². The fraction of sp³-hybridized carbons (Fsp3) is 0.182. The van der Waals surface area contributed by atoms with Crippen molar-refractivity contribution in [2.45, 2.75) is 10.9 Å². The molecule has 0 aliphatic heterocycles. The van der Waals surface area contributed by atoms with Crippen molar-refractivity contribution in [1.82, 2.24) is 4.98 Å². The molecule has 1 aromatic carbocycles. The monoisotopic (exact) mass is 239 g/mol. The Labute approximate surface area is 98.3 Å². The Morgan fingerprint density at radius 2 is 2.07 bits per heavy atom. The Balaban J connectivity index is 1.99. The third kappa shape index (κ3) is 2.76. The summed E-state index contributed by atoms with van der Waals surface area (Å²) < 4.78 is 2.07. The number of nitrogens with one attached hydrogen (secondary N) is 1. The standard InChI is InChI=1S/C11H11ClN2S/c1-14-7-6-13-11(14)15-8-9-2-4-10(12)5-3-9/h2-7H,8H2,1H3/p+1. The number of nitrogens with zero attached hydrogens (tertiary/aromatic N) is 1. The van der Waals surface area contributed by atoms with Crippen molar-refractivity contribution in [3.05, 3.63) is 47.2 Å². The highest BCUT2D eigenvalue weighted by atomic mass is 35.5. The van der Waals surface area contributed by atoms with Gasteiger partial charge in [0.25, 0.3) is 0 Å². The third-order valence-corrected chi connectivity index (χ3v) is 3.52. The molecular formula is C11H12ClN2S+. The molecule has 15 heavy (non-hydrogen) atoms. The van der Waals surface area contributed by atoms with Gasteiger partial charge < -0.3 is 0 Å². The number of H-pyrrole nitrogens is 1. The molecule has 0 amide bonds. The van der Waals surface area contributed by atoms with E-state index in [-0.39, 0.29) is 0 Å². The minimum Gasteiger partial charge on any atom is -0.238 e. The Bertz CT molecular complexity index is 436. The van der Waals surface area contributed by atoms with E-state index in [4.69, 9.17) is 11.6 Å². The predicted molar refractivity (Wildman–Crippen MR) is 63.0 cm³/mol. The van der Waals surface area contributed by atoms with E-state index >= 15 is 0 Å². The number of thioether (sulfide) groups is 1. The molecule has 2 aromatic rings. The summed E-state index contributed by atoms with van der Waals surface area (Å²) in [4.78, 5) is 3.19. The average Bonchev–Trinajstić information content (AvgIpc) is 2.63. The first-order chi connectivity index (χ1) is 7.25. The normalized spacial score (nSPS) is 10.5. The Morgan fingerprint density at radius 3 is 2.67 bits per heavy atom. The summed E-state index contributed by atoms with van der Waals surface area (Å²) in [5.41, 5.74) is 1.28. The lowest BCUT2D eigenvalue weighted by Crippen LogP contribution is -2.27. The molecule has 1 aromatic heterocycles. The Morgan fingerprint density at radius 1 is 1.33 bits per heavy atom. The zero-order chi connectivity index (χ0) is 10.7. The fourth-order valence-corrected chi connectivity index (χ4v) is 2.30. The van der Waals surface area contributed by atoms with E-state index in [1.54, 1.807) is 11.8 Å². The summed E-state index contributed by atoms with van der Waals surface area (Å²) in [7, 11) is 2.03. The molecule has 2 rings (SSSR count). The molecular weight excluding hydrogens is 228 g/mol. The fourth-order valence-electron chi connectivity index (χ4n) is 1.27. The first kappa shape index (κ1) is 10.6. The molecule has 1 N–H and O–H groups in total. The van der Waals surface area contributed by atoms with Crippen LogP contribution in [-0.4, -0.2) is 4.98 Å². The largest absolute Gasteiger partial charge is 0.315 e. The summed E-state index contributed by atoms with van der Waals surface area (Å²) in [5.74, 6) is 0.950. The predicted octanol–water partition coefficient (Wildman–Crippen LogP) is 2.78. The van der Waals surface area contributed by atoms with Crippen LogP contribution in [0.4, 0.5) is 0 Å². The van der Waals surface area contributed by atoms with Crippen molar-refractivity contribution in [3.8, 4) is 0 Å². The molecule has 0 bridgehead atoms. The van der Waals surface area contributed by atoms with Crippen LogP contribution in [0.1, 0.15) is 5.56 Å².